The molecule has 1 N–H and O–H groups in total. The number of carbonyl (C=O) groups excluding carboxylic acids is 1. The zero-order chi connectivity index (χ0) is 18.1. The Morgan fingerprint density at radius 3 is 2.69 bits per heavy atom. The summed E-state index contributed by atoms with van der Waals surface area (Å²) in [6, 6.07) is 11.5. The molecule has 1 aliphatic rings. The van der Waals surface area contributed by atoms with Crippen LogP contribution >= 0.6 is 11.3 Å². The van der Waals surface area contributed by atoms with Crippen LogP contribution in [-0.4, -0.2) is 29.7 Å². The van der Waals surface area contributed by atoms with Crippen molar-refractivity contribution in [1.29, 1.82) is 0 Å². The molecule has 1 aromatic carbocycles. The Labute approximate surface area is 156 Å². The molecule has 3 aromatic rings. The topological polar surface area (TPSA) is 52.5 Å². The molecule has 3 heterocycles. The van der Waals surface area contributed by atoms with E-state index >= 15 is 0 Å². The lowest BCUT2D eigenvalue weighted by molar-refractivity contribution is 0.0789. The lowest BCUT2D eigenvalue weighted by Crippen LogP contribution is -2.41. The van der Waals surface area contributed by atoms with Crippen molar-refractivity contribution >= 4 is 17.2 Å². The highest BCUT2D eigenvalue weighted by molar-refractivity contribution is 7.15. The van der Waals surface area contributed by atoms with E-state index < -0.39 is 0 Å². The molecule has 0 radical (unpaired) electrons. The van der Waals surface area contributed by atoms with Gasteiger partial charge in [-0.15, -0.1) is 11.3 Å². The van der Waals surface area contributed by atoms with E-state index in [-0.39, 0.29) is 12.0 Å². The molecule has 134 valence electrons. The van der Waals surface area contributed by atoms with Crippen LogP contribution < -0.4 is 14.8 Å². The van der Waals surface area contributed by atoms with Crippen LogP contribution in [0, 0.1) is 13.8 Å². The molecule has 0 bridgehead atoms. The highest BCUT2D eigenvalue weighted by Crippen LogP contribution is 2.32. The highest BCUT2D eigenvalue weighted by Gasteiger charge is 2.24. The average Bonchev–Trinajstić information content (AvgIpc) is 3.28. The monoisotopic (exact) mass is 368 g/mol. The van der Waals surface area contributed by atoms with E-state index in [9.17, 15) is 4.79 Å². The fourth-order valence-corrected chi connectivity index (χ4v) is 4.11. The Hall–Kier alpha value is -2.73. The lowest BCUT2D eigenvalue weighted by Gasteiger charge is -2.26. The number of rotatable bonds is 4. The van der Waals surface area contributed by atoms with E-state index in [2.05, 4.69) is 5.32 Å². The maximum Gasteiger partial charge on any atom is 0.254 e. The normalized spacial score (nSPS) is 15.7. The van der Waals surface area contributed by atoms with Gasteiger partial charge in [0.2, 0.25) is 0 Å². The molecule has 6 heteroatoms. The van der Waals surface area contributed by atoms with Gasteiger partial charge in [0.05, 0.1) is 12.1 Å². The third kappa shape index (κ3) is 3.08. The van der Waals surface area contributed by atoms with Gasteiger partial charge in [-0.3, -0.25) is 4.79 Å². The predicted octanol–water partition coefficient (Wildman–Crippen LogP) is 3.73. The van der Waals surface area contributed by atoms with Gasteiger partial charge in [-0.1, -0.05) is 12.1 Å². The summed E-state index contributed by atoms with van der Waals surface area (Å²) < 4.78 is 13.6. The quantitative estimate of drug-likeness (QED) is 0.763. The van der Waals surface area contributed by atoms with Crippen LogP contribution in [0.5, 0.6) is 11.5 Å². The highest BCUT2D eigenvalue weighted by atomic mass is 32.1. The van der Waals surface area contributed by atoms with Crippen molar-refractivity contribution in [2.24, 2.45) is 0 Å². The lowest BCUT2D eigenvalue weighted by atomic mass is 10.1. The Morgan fingerprint density at radius 1 is 1.19 bits per heavy atom. The van der Waals surface area contributed by atoms with Crippen LogP contribution in [0.4, 0.5) is 0 Å². The number of para-hydroxylation sites is 2. The van der Waals surface area contributed by atoms with Crippen molar-refractivity contribution in [3.8, 4) is 16.5 Å². The molecule has 2 aromatic heterocycles. The number of hydrogen-bond acceptors (Lipinski definition) is 4. The Bertz CT molecular complexity index is 931. The van der Waals surface area contributed by atoms with Crippen molar-refractivity contribution in [1.82, 2.24) is 9.88 Å². The zero-order valence-corrected chi connectivity index (χ0v) is 15.5. The molecule has 1 atom stereocenters. The molecule has 4 rings (SSSR count). The first-order valence-corrected chi connectivity index (χ1v) is 9.35. The van der Waals surface area contributed by atoms with Crippen molar-refractivity contribution < 1.29 is 14.3 Å². The zero-order valence-electron chi connectivity index (χ0n) is 14.7. The third-order valence-electron chi connectivity index (χ3n) is 4.49. The van der Waals surface area contributed by atoms with Gasteiger partial charge in [0, 0.05) is 17.3 Å². The summed E-state index contributed by atoms with van der Waals surface area (Å²) in [4.78, 5) is 14.0. The molecule has 0 saturated heterocycles. The van der Waals surface area contributed by atoms with Gasteiger partial charge in [0.25, 0.3) is 5.91 Å². The summed E-state index contributed by atoms with van der Waals surface area (Å²) in [7, 11) is 0. The summed E-state index contributed by atoms with van der Waals surface area (Å²) in [6.07, 6.45) is 3.71. The van der Waals surface area contributed by atoms with Gasteiger partial charge in [0.15, 0.2) is 11.5 Å². The van der Waals surface area contributed by atoms with Gasteiger partial charge in [-0.2, -0.15) is 0 Å². The number of benzene rings is 1. The first kappa shape index (κ1) is 16.7. The maximum absolute atomic E-state index is 12.9. The molecule has 5 nitrogen and oxygen atoms in total. The number of hydrogen-bond donors (Lipinski definition) is 1. The van der Waals surface area contributed by atoms with Crippen molar-refractivity contribution in [2.75, 3.05) is 13.2 Å². The van der Waals surface area contributed by atoms with E-state index in [0.717, 1.165) is 26.8 Å². The number of aromatic nitrogens is 1. The van der Waals surface area contributed by atoms with Crippen molar-refractivity contribution in [2.45, 2.75) is 20.0 Å². The first-order valence-electron chi connectivity index (χ1n) is 8.53. The maximum atomic E-state index is 12.9. The van der Waals surface area contributed by atoms with E-state index in [4.69, 9.17) is 9.47 Å². The number of carbonyl (C=O) groups is 1. The standard InChI is InChI=1S/C20H20N2O3S/c1-13-14(2)26-20(22-9-5-6-10-22)18(13)19(23)21-11-15-12-24-16-7-3-4-8-17(16)25-15/h3-10,15H,11-12H2,1-2H3,(H,21,23)/t15-/m0/s1. The summed E-state index contributed by atoms with van der Waals surface area (Å²) in [5.41, 5.74) is 1.74. The molecule has 0 spiro atoms. The molecule has 1 amide bonds. The van der Waals surface area contributed by atoms with Crippen LogP contribution in [0.1, 0.15) is 20.8 Å². The molecule has 1 aliphatic heterocycles. The molecule has 0 aliphatic carbocycles. The number of fused-ring (bicyclic) bond motifs is 1. The minimum atomic E-state index is -0.205. The average molecular weight is 368 g/mol. The van der Waals surface area contributed by atoms with Crippen LogP contribution in [0.3, 0.4) is 0 Å². The molecule has 0 fully saturated rings. The fraction of sp³-hybridized carbons (Fsp3) is 0.250. The van der Waals surface area contributed by atoms with Crippen molar-refractivity contribution in [3.05, 3.63) is 64.8 Å². The number of thiophene rings is 1. The molecule has 0 unspecified atom stereocenters. The van der Waals surface area contributed by atoms with Gasteiger partial charge < -0.3 is 19.4 Å². The van der Waals surface area contributed by atoms with Gasteiger partial charge in [-0.05, 0) is 43.7 Å². The van der Waals surface area contributed by atoms with E-state index in [1.807, 2.05) is 67.2 Å². The number of amides is 1. The fourth-order valence-electron chi connectivity index (χ4n) is 2.99. The second-order valence-corrected chi connectivity index (χ2v) is 7.46. The minimum Gasteiger partial charge on any atom is -0.486 e. The van der Waals surface area contributed by atoms with E-state index in [1.54, 1.807) is 11.3 Å². The molecular weight excluding hydrogens is 348 g/mol. The van der Waals surface area contributed by atoms with Crippen LogP contribution in [0.2, 0.25) is 0 Å². The number of nitrogens with one attached hydrogen (secondary N) is 1. The van der Waals surface area contributed by atoms with E-state index in [0.29, 0.717) is 18.9 Å². The second-order valence-electron chi connectivity index (χ2n) is 6.26. The molecule has 26 heavy (non-hydrogen) atoms. The summed E-state index contributed by atoms with van der Waals surface area (Å²) in [6.45, 7) is 4.85. The Kier molecular flexibility index (Phi) is 4.42. The smallest absolute Gasteiger partial charge is 0.254 e. The Balaban J connectivity index is 1.48. The number of aryl methyl sites for hydroxylation is 1. The van der Waals surface area contributed by atoms with Gasteiger partial charge >= 0.3 is 0 Å². The predicted molar refractivity (Wildman–Crippen MR) is 102 cm³/mol. The number of nitrogens with zero attached hydrogens (tertiary/aromatic N) is 1. The van der Waals surface area contributed by atoms with Crippen molar-refractivity contribution in [3.63, 3.8) is 0 Å². The largest absolute Gasteiger partial charge is 0.486 e. The molecular formula is C20H20N2O3S. The van der Waals surface area contributed by atoms with Crippen LogP contribution in [-0.2, 0) is 0 Å². The summed E-state index contributed by atoms with van der Waals surface area (Å²) in [5.74, 6) is 1.38. The summed E-state index contributed by atoms with van der Waals surface area (Å²) >= 11 is 1.63. The Morgan fingerprint density at radius 2 is 1.92 bits per heavy atom. The summed E-state index contributed by atoms with van der Waals surface area (Å²) in [5, 5.41) is 3.94. The van der Waals surface area contributed by atoms with Gasteiger partial charge in [0.1, 0.15) is 17.7 Å². The van der Waals surface area contributed by atoms with Crippen LogP contribution in [0.25, 0.3) is 5.00 Å². The van der Waals surface area contributed by atoms with E-state index in [1.165, 1.54) is 0 Å². The third-order valence-corrected chi connectivity index (χ3v) is 5.71. The van der Waals surface area contributed by atoms with Gasteiger partial charge in [-0.25, -0.2) is 0 Å². The SMILES string of the molecule is Cc1sc(-n2cccc2)c(C(=O)NC[C@H]2COc3ccccc3O2)c1C. The second kappa shape index (κ2) is 6.88. The first-order chi connectivity index (χ1) is 12.6. The minimum absolute atomic E-state index is 0.0852. The number of ether oxygens (including phenoxy) is 2. The van der Waals surface area contributed by atoms with Crippen LogP contribution in [0.15, 0.2) is 48.8 Å². The molecule has 0 saturated carbocycles.